The summed E-state index contributed by atoms with van der Waals surface area (Å²) in [6, 6.07) is 12.3. The molecule has 0 saturated heterocycles. The van der Waals surface area contributed by atoms with E-state index in [-0.39, 0.29) is 0 Å². The third-order valence-corrected chi connectivity index (χ3v) is 5.56. The van der Waals surface area contributed by atoms with Gasteiger partial charge in [-0.2, -0.15) is 4.31 Å². The number of methoxy groups -OCH3 is 1. The smallest absolute Gasteiger partial charge is 0.243 e. The SMILES string of the molecule is COCCN(Cc1cccs1)S(=O)(=O)c1ccccc1. The van der Waals surface area contributed by atoms with Crippen molar-refractivity contribution < 1.29 is 13.2 Å². The van der Waals surface area contributed by atoms with Gasteiger partial charge in [0, 0.05) is 25.1 Å². The summed E-state index contributed by atoms with van der Waals surface area (Å²) in [7, 11) is -1.92. The molecule has 0 radical (unpaired) electrons. The fraction of sp³-hybridized carbons (Fsp3) is 0.286. The van der Waals surface area contributed by atoms with Crippen molar-refractivity contribution in [1.29, 1.82) is 0 Å². The Morgan fingerprint density at radius 2 is 1.90 bits per heavy atom. The lowest BCUT2D eigenvalue weighted by atomic mass is 10.4. The molecule has 1 aromatic carbocycles. The summed E-state index contributed by atoms with van der Waals surface area (Å²) < 4.78 is 31.8. The molecule has 2 aromatic rings. The highest BCUT2D eigenvalue weighted by molar-refractivity contribution is 7.89. The van der Waals surface area contributed by atoms with Crippen LogP contribution in [0.5, 0.6) is 0 Å². The van der Waals surface area contributed by atoms with Gasteiger partial charge in [0.05, 0.1) is 11.5 Å². The molecule has 0 aliphatic rings. The molecule has 0 bridgehead atoms. The molecule has 1 aromatic heterocycles. The first-order chi connectivity index (χ1) is 9.64. The van der Waals surface area contributed by atoms with Gasteiger partial charge in [-0.3, -0.25) is 0 Å². The largest absolute Gasteiger partial charge is 0.383 e. The second kappa shape index (κ2) is 6.99. The Balaban J connectivity index is 2.25. The maximum atomic E-state index is 12.6. The molecule has 0 aliphatic heterocycles. The number of rotatable bonds is 7. The van der Waals surface area contributed by atoms with Crippen molar-refractivity contribution in [3.05, 3.63) is 52.7 Å². The lowest BCUT2D eigenvalue weighted by Crippen LogP contribution is -2.33. The van der Waals surface area contributed by atoms with Crippen LogP contribution in [0.1, 0.15) is 4.88 Å². The van der Waals surface area contributed by atoms with E-state index in [0.29, 0.717) is 24.6 Å². The Morgan fingerprint density at radius 3 is 2.50 bits per heavy atom. The van der Waals surface area contributed by atoms with E-state index in [1.165, 1.54) is 4.31 Å². The maximum Gasteiger partial charge on any atom is 0.243 e. The third-order valence-electron chi connectivity index (χ3n) is 2.84. The first kappa shape index (κ1) is 15.2. The monoisotopic (exact) mass is 311 g/mol. The number of ether oxygens (including phenoxy) is 1. The fourth-order valence-electron chi connectivity index (χ4n) is 1.80. The van der Waals surface area contributed by atoms with E-state index >= 15 is 0 Å². The topological polar surface area (TPSA) is 46.6 Å². The van der Waals surface area contributed by atoms with Crippen LogP contribution < -0.4 is 0 Å². The Hall–Kier alpha value is -1.21. The molecule has 0 saturated carbocycles. The molecule has 0 amide bonds. The Kier molecular flexibility index (Phi) is 5.31. The zero-order chi connectivity index (χ0) is 14.4. The lowest BCUT2D eigenvalue weighted by Gasteiger charge is -2.21. The Morgan fingerprint density at radius 1 is 1.15 bits per heavy atom. The van der Waals surface area contributed by atoms with Gasteiger partial charge in [-0.15, -0.1) is 11.3 Å². The van der Waals surface area contributed by atoms with Gasteiger partial charge < -0.3 is 4.74 Å². The summed E-state index contributed by atoms with van der Waals surface area (Å²) >= 11 is 1.55. The van der Waals surface area contributed by atoms with Crippen molar-refractivity contribution in [2.24, 2.45) is 0 Å². The molecule has 0 aliphatic carbocycles. The third kappa shape index (κ3) is 3.67. The van der Waals surface area contributed by atoms with Crippen molar-refractivity contribution >= 4 is 21.4 Å². The molecule has 0 fully saturated rings. The molecule has 0 atom stereocenters. The highest BCUT2D eigenvalue weighted by Crippen LogP contribution is 2.20. The van der Waals surface area contributed by atoms with E-state index in [1.807, 2.05) is 17.5 Å². The van der Waals surface area contributed by atoms with E-state index < -0.39 is 10.0 Å². The quantitative estimate of drug-likeness (QED) is 0.789. The molecular weight excluding hydrogens is 294 g/mol. The van der Waals surface area contributed by atoms with Crippen molar-refractivity contribution in [1.82, 2.24) is 4.31 Å². The van der Waals surface area contributed by atoms with Crippen LogP contribution >= 0.6 is 11.3 Å². The first-order valence-corrected chi connectivity index (χ1v) is 8.53. The molecule has 1 heterocycles. The number of hydrogen-bond acceptors (Lipinski definition) is 4. The van der Waals surface area contributed by atoms with Crippen LogP contribution in [0.4, 0.5) is 0 Å². The zero-order valence-electron chi connectivity index (χ0n) is 11.2. The minimum Gasteiger partial charge on any atom is -0.383 e. The van der Waals surface area contributed by atoms with Gasteiger partial charge in [0.15, 0.2) is 0 Å². The normalized spacial score (nSPS) is 11.9. The van der Waals surface area contributed by atoms with Gasteiger partial charge in [-0.05, 0) is 23.6 Å². The van der Waals surface area contributed by atoms with Gasteiger partial charge in [0.1, 0.15) is 0 Å². The molecule has 108 valence electrons. The summed E-state index contributed by atoms with van der Waals surface area (Å²) in [4.78, 5) is 1.33. The second-order valence-corrected chi connectivity index (χ2v) is 7.19. The van der Waals surface area contributed by atoms with Gasteiger partial charge in [0.2, 0.25) is 10.0 Å². The summed E-state index contributed by atoms with van der Waals surface area (Å²) in [6.07, 6.45) is 0. The highest BCUT2D eigenvalue weighted by atomic mass is 32.2. The molecular formula is C14H17NO3S2. The minimum absolute atomic E-state index is 0.313. The average Bonchev–Trinajstić information content (AvgIpc) is 2.97. The van der Waals surface area contributed by atoms with Crippen molar-refractivity contribution in [3.8, 4) is 0 Å². The van der Waals surface area contributed by atoms with Gasteiger partial charge in [-0.1, -0.05) is 24.3 Å². The first-order valence-electron chi connectivity index (χ1n) is 6.21. The number of sulfonamides is 1. The van der Waals surface area contributed by atoms with Crippen LogP contribution in [0.3, 0.4) is 0 Å². The van der Waals surface area contributed by atoms with Gasteiger partial charge in [0.25, 0.3) is 0 Å². The molecule has 4 nitrogen and oxygen atoms in total. The van der Waals surface area contributed by atoms with Crippen LogP contribution in [0.2, 0.25) is 0 Å². The summed E-state index contributed by atoms with van der Waals surface area (Å²) in [5, 5.41) is 1.94. The van der Waals surface area contributed by atoms with Gasteiger partial charge in [-0.25, -0.2) is 8.42 Å². The number of hydrogen-bond donors (Lipinski definition) is 0. The molecule has 0 spiro atoms. The predicted molar refractivity (Wildman–Crippen MR) is 80.2 cm³/mol. The summed E-state index contributed by atoms with van der Waals surface area (Å²) in [5.41, 5.74) is 0. The van der Waals surface area contributed by atoms with Crippen LogP contribution in [0.25, 0.3) is 0 Å². The zero-order valence-corrected chi connectivity index (χ0v) is 12.9. The van der Waals surface area contributed by atoms with Crippen molar-refractivity contribution in [3.63, 3.8) is 0 Å². The Bertz CT molecular complexity index is 609. The van der Waals surface area contributed by atoms with Crippen LogP contribution in [0, 0.1) is 0 Å². The predicted octanol–water partition coefficient (Wildman–Crippen LogP) is 2.59. The van der Waals surface area contributed by atoms with E-state index in [4.69, 9.17) is 4.74 Å². The van der Waals surface area contributed by atoms with E-state index in [1.54, 1.807) is 48.8 Å². The average molecular weight is 311 g/mol. The molecule has 6 heteroatoms. The second-order valence-electron chi connectivity index (χ2n) is 4.22. The molecule has 0 N–H and O–H groups in total. The Labute approximate surface area is 123 Å². The van der Waals surface area contributed by atoms with Gasteiger partial charge >= 0.3 is 0 Å². The fourth-order valence-corrected chi connectivity index (χ4v) is 4.02. The van der Waals surface area contributed by atoms with E-state index in [2.05, 4.69) is 0 Å². The van der Waals surface area contributed by atoms with Crippen LogP contribution in [-0.2, 0) is 21.3 Å². The molecule has 20 heavy (non-hydrogen) atoms. The lowest BCUT2D eigenvalue weighted by molar-refractivity contribution is 0.177. The summed E-state index contributed by atoms with van der Waals surface area (Å²) in [6.45, 7) is 1.08. The maximum absolute atomic E-state index is 12.6. The van der Waals surface area contributed by atoms with E-state index in [0.717, 1.165) is 4.88 Å². The van der Waals surface area contributed by atoms with Crippen LogP contribution in [0.15, 0.2) is 52.7 Å². The minimum atomic E-state index is -3.49. The van der Waals surface area contributed by atoms with E-state index in [9.17, 15) is 8.42 Å². The number of nitrogens with zero attached hydrogens (tertiary/aromatic N) is 1. The summed E-state index contributed by atoms with van der Waals surface area (Å²) in [5.74, 6) is 0. The highest BCUT2D eigenvalue weighted by Gasteiger charge is 2.24. The number of benzene rings is 1. The van der Waals surface area contributed by atoms with Crippen molar-refractivity contribution in [2.45, 2.75) is 11.4 Å². The van der Waals surface area contributed by atoms with Crippen molar-refractivity contribution in [2.75, 3.05) is 20.3 Å². The standard InChI is InChI=1S/C14H17NO3S2/c1-18-10-9-15(12-13-6-5-11-19-13)20(16,17)14-7-3-2-4-8-14/h2-8,11H,9-10,12H2,1H3. The van der Waals surface area contributed by atoms with Crippen LogP contribution in [-0.4, -0.2) is 33.0 Å². The number of thiophene rings is 1. The molecule has 2 rings (SSSR count). The molecule has 0 unspecified atom stereocenters.